The highest BCUT2D eigenvalue weighted by molar-refractivity contribution is 7.90. The molecule has 1 amide bonds. The van der Waals surface area contributed by atoms with Gasteiger partial charge in [0.2, 0.25) is 5.91 Å². The lowest BCUT2D eigenvalue weighted by molar-refractivity contribution is -0.140. The van der Waals surface area contributed by atoms with Gasteiger partial charge in [-0.05, 0) is 24.3 Å². The minimum absolute atomic E-state index is 0.0898. The molecule has 0 unspecified atom stereocenters. The lowest BCUT2D eigenvalue weighted by atomic mass is 10.2. The Morgan fingerprint density at radius 1 is 1.24 bits per heavy atom. The van der Waals surface area contributed by atoms with E-state index >= 15 is 0 Å². The number of nitrogens with zero attached hydrogens (tertiary/aromatic N) is 4. The molecule has 0 atom stereocenters. The van der Waals surface area contributed by atoms with Crippen LogP contribution in [0.4, 0.5) is 10.8 Å². The molecule has 0 aliphatic carbocycles. The first-order valence-electron chi connectivity index (χ1n) is 9.82. The van der Waals surface area contributed by atoms with Gasteiger partial charge >= 0.3 is 5.97 Å². The van der Waals surface area contributed by atoms with Gasteiger partial charge in [0.15, 0.2) is 5.13 Å². The summed E-state index contributed by atoms with van der Waals surface area (Å²) in [5, 5.41) is 2.13. The minimum atomic E-state index is -3.47. The van der Waals surface area contributed by atoms with E-state index in [4.69, 9.17) is 9.47 Å². The van der Waals surface area contributed by atoms with E-state index in [1.807, 2.05) is 0 Å². The molecular formula is C21H20N4O6S2. The molecule has 12 heteroatoms. The summed E-state index contributed by atoms with van der Waals surface area (Å²) in [6.45, 7) is 1.55. The van der Waals surface area contributed by atoms with Crippen molar-refractivity contribution in [1.82, 2.24) is 9.88 Å². The molecule has 0 N–H and O–H groups in total. The summed E-state index contributed by atoms with van der Waals surface area (Å²) in [6.07, 6.45) is 4.44. The molecule has 33 heavy (non-hydrogen) atoms. The van der Waals surface area contributed by atoms with Crippen LogP contribution in [0.15, 0.2) is 58.0 Å². The molecule has 0 radical (unpaired) electrons. The third-order valence-corrected chi connectivity index (χ3v) is 6.82. The summed E-state index contributed by atoms with van der Waals surface area (Å²) in [5.41, 5.74) is 1.31. The molecule has 10 nitrogen and oxygen atoms in total. The second-order valence-electron chi connectivity index (χ2n) is 7.07. The predicted molar refractivity (Wildman–Crippen MR) is 123 cm³/mol. The number of hydrogen-bond donors (Lipinski definition) is 0. The molecule has 2 aromatic rings. The SMILES string of the molecule is COc1ccccc1N(C(C)=O)c1nc(COC(=O)C2=CN3CCS(=O)(=O)N=C3C=C2)cs1. The topological polar surface area (TPSA) is 118 Å². The Labute approximate surface area is 194 Å². The number of aromatic nitrogens is 1. The van der Waals surface area contributed by atoms with Crippen LogP contribution in [0.2, 0.25) is 0 Å². The van der Waals surface area contributed by atoms with Crippen LogP contribution >= 0.6 is 11.3 Å². The van der Waals surface area contributed by atoms with E-state index < -0.39 is 16.0 Å². The van der Waals surface area contributed by atoms with Crippen molar-refractivity contribution in [1.29, 1.82) is 0 Å². The summed E-state index contributed by atoms with van der Waals surface area (Å²) in [6, 6.07) is 7.11. The van der Waals surface area contributed by atoms with Gasteiger partial charge in [0.05, 0.1) is 29.8 Å². The number of amides is 1. The number of thiazole rings is 1. The maximum atomic E-state index is 12.5. The summed E-state index contributed by atoms with van der Waals surface area (Å²) in [4.78, 5) is 32.3. The number of fused-ring (bicyclic) bond motifs is 1. The molecular weight excluding hydrogens is 468 g/mol. The van der Waals surface area contributed by atoms with Crippen molar-refractivity contribution < 1.29 is 27.5 Å². The Bertz CT molecular complexity index is 1300. The van der Waals surface area contributed by atoms with E-state index in [0.29, 0.717) is 22.3 Å². The van der Waals surface area contributed by atoms with Crippen LogP contribution < -0.4 is 9.64 Å². The number of para-hydroxylation sites is 2. The zero-order valence-corrected chi connectivity index (χ0v) is 19.4. The number of esters is 1. The molecule has 172 valence electrons. The van der Waals surface area contributed by atoms with E-state index in [0.717, 1.165) is 0 Å². The number of rotatable bonds is 6. The Morgan fingerprint density at radius 3 is 2.79 bits per heavy atom. The first kappa shape index (κ1) is 22.7. The van der Waals surface area contributed by atoms with Crippen LogP contribution in [-0.2, 0) is 31.0 Å². The first-order chi connectivity index (χ1) is 15.8. The molecule has 2 aliphatic heterocycles. The van der Waals surface area contributed by atoms with E-state index in [9.17, 15) is 18.0 Å². The van der Waals surface area contributed by atoms with E-state index in [1.54, 1.807) is 34.5 Å². The van der Waals surface area contributed by atoms with Gasteiger partial charge < -0.3 is 14.4 Å². The highest BCUT2D eigenvalue weighted by Crippen LogP contribution is 2.35. The fraction of sp³-hybridized carbons (Fsp3) is 0.238. The molecule has 1 aromatic heterocycles. The monoisotopic (exact) mass is 488 g/mol. The second kappa shape index (κ2) is 9.16. The summed E-state index contributed by atoms with van der Waals surface area (Å²) >= 11 is 1.24. The highest BCUT2D eigenvalue weighted by atomic mass is 32.2. The standard InChI is InChI=1S/C21H20N4O6S2/c1-14(26)25(17-5-3-4-6-18(17)30-2)21-22-16(13-32-21)12-31-20(27)15-7-8-19-23-33(28,29)10-9-24(19)11-15/h3-8,11,13H,9-10,12H2,1-2H3. The fourth-order valence-corrected chi connectivity index (χ4v) is 5.07. The van der Waals surface area contributed by atoms with Crippen LogP contribution in [0, 0.1) is 0 Å². The zero-order chi connectivity index (χ0) is 23.6. The Kier molecular flexibility index (Phi) is 6.29. The van der Waals surface area contributed by atoms with E-state index in [2.05, 4.69) is 9.38 Å². The number of carbonyl (C=O) groups is 2. The fourth-order valence-electron chi connectivity index (χ4n) is 3.23. The Morgan fingerprint density at radius 2 is 2.03 bits per heavy atom. The molecule has 1 aromatic carbocycles. The maximum absolute atomic E-state index is 12.5. The number of ether oxygens (including phenoxy) is 2. The number of sulfonamides is 1. The van der Waals surface area contributed by atoms with Gasteiger partial charge in [0, 0.05) is 25.0 Å². The second-order valence-corrected chi connectivity index (χ2v) is 9.66. The van der Waals surface area contributed by atoms with Gasteiger partial charge in [-0.1, -0.05) is 12.1 Å². The van der Waals surface area contributed by atoms with Gasteiger partial charge in [-0.15, -0.1) is 15.7 Å². The lowest BCUT2D eigenvalue weighted by Gasteiger charge is -2.26. The number of carbonyl (C=O) groups excluding carboxylic acids is 2. The Balaban J connectivity index is 1.45. The molecule has 2 aliphatic rings. The van der Waals surface area contributed by atoms with Crippen molar-refractivity contribution in [3.05, 3.63) is 59.3 Å². The molecule has 0 bridgehead atoms. The van der Waals surface area contributed by atoms with Gasteiger partial charge in [-0.2, -0.15) is 0 Å². The molecule has 3 heterocycles. The van der Waals surface area contributed by atoms with Crippen molar-refractivity contribution in [2.75, 3.05) is 24.3 Å². The van der Waals surface area contributed by atoms with Crippen LogP contribution in [0.3, 0.4) is 0 Å². The maximum Gasteiger partial charge on any atom is 0.340 e. The van der Waals surface area contributed by atoms with Crippen LogP contribution in [0.1, 0.15) is 12.6 Å². The van der Waals surface area contributed by atoms with Crippen molar-refractivity contribution in [3.63, 3.8) is 0 Å². The largest absolute Gasteiger partial charge is 0.495 e. The van der Waals surface area contributed by atoms with Crippen molar-refractivity contribution in [2.45, 2.75) is 13.5 Å². The van der Waals surface area contributed by atoms with E-state index in [-0.39, 0.29) is 36.2 Å². The smallest absolute Gasteiger partial charge is 0.340 e. The minimum Gasteiger partial charge on any atom is -0.495 e. The van der Waals surface area contributed by atoms with Gasteiger partial charge in [-0.25, -0.2) is 18.2 Å². The summed E-state index contributed by atoms with van der Waals surface area (Å²) in [5.74, 6) is -0.149. The first-order valence-corrected chi connectivity index (χ1v) is 12.3. The Hall–Kier alpha value is -3.51. The van der Waals surface area contributed by atoms with Gasteiger partial charge in [0.1, 0.15) is 18.2 Å². The normalized spacial score (nSPS) is 16.4. The molecule has 0 saturated heterocycles. The number of anilines is 2. The number of hydrogen-bond acceptors (Lipinski definition) is 9. The molecule has 0 saturated carbocycles. The van der Waals surface area contributed by atoms with E-state index in [1.165, 1.54) is 48.6 Å². The average Bonchev–Trinajstić information content (AvgIpc) is 3.25. The number of methoxy groups -OCH3 is 1. The molecule has 0 spiro atoms. The number of amidine groups is 1. The van der Waals surface area contributed by atoms with Crippen LogP contribution in [0.25, 0.3) is 0 Å². The van der Waals surface area contributed by atoms with Crippen molar-refractivity contribution >= 4 is 49.9 Å². The quantitative estimate of drug-likeness (QED) is 0.569. The molecule has 0 fully saturated rings. The van der Waals surface area contributed by atoms with Gasteiger partial charge in [-0.3, -0.25) is 9.69 Å². The molecule has 4 rings (SSSR count). The average molecular weight is 489 g/mol. The highest BCUT2D eigenvalue weighted by Gasteiger charge is 2.26. The lowest BCUT2D eigenvalue weighted by Crippen LogP contribution is -2.37. The summed E-state index contributed by atoms with van der Waals surface area (Å²) < 4.78 is 37.6. The van der Waals surface area contributed by atoms with Crippen molar-refractivity contribution in [2.24, 2.45) is 4.40 Å². The predicted octanol–water partition coefficient (Wildman–Crippen LogP) is 2.38. The third-order valence-electron chi connectivity index (χ3n) is 4.78. The third kappa shape index (κ3) is 4.96. The summed E-state index contributed by atoms with van der Waals surface area (Å²) in [7, 11) is -1.94. The number of benzene rings is 1. The van der Waals surface area contributed by atoms with Crippen LogP contribution in [-0.4, -0.2) is 55.4 Å². The van der Waals surface area contributed by atoms with Crippen molar-refractivity contribution in [3.8, 4) is 5.75 Å². The van der Waals surface area contributed by atoms with Gasteiger partial charge in [0.25, 0.3) is 10.0 Å². The van der Waals surface area contributed by atoms with Crippen LogP contribution in [0.5, 0.6) is 5.75 Å². The zero-order valence-electron chi connectivity index (χ0n) is 17.8.